The Bertz CT molecular complexity index is 1350. The van der Waals surface area contributed by atoms with Gasteiger partial charge in [0.2, 0.25) is 0 Å². The van der Waals surface area contributed by atoms with E-state index in [0.29, 0.717) is 17.1 Å². The van der Waals surface area contributed by atoms with E-state index in [4.69, 9.17) is 0 Å². The molecule has 1 saturated heterocycles. The predicted octanol–water partition coefficient (Wildman–Crippen LogP) is 3.55. The summed E-state index contributed by atoms with van der Waals surface area (Å²) in [5.74, 6) is -0.906. The Morgan fingerprint density at radius 3 is 2.50 bits per heavy atom. The van der Waals surface area contributed by atoms with Gasteiger partial charge in [0.15, 0.2) is 0 Å². The highest BCUT2D eigenvalue weighted by Crippen LogP contribution is 2.23. The lowest BCUT2D eigenvalue weighted by atomic mass is 10.1. The number of aryl methyl sites for hydroxylation is 1. The van der Waals surface area contributed by atoms with E-state index in [0.717, 1.165) is 48.8 Å². The van der Waals surface area contributed by atoms with E-state index < -0.39 is 16.1 Å². The number of hydrogen-bond donors (Lipinski definition) is 1. The number of anilines is 1. The minimum Gasteiger partial charge on any atom is -0.372 e. The maximum atomic E-state index is 13.7. The summed E-state index contributed by atoms with van der Waals surface area (Å²) < 4.78 is 26.9. The van der Waals surface area contributed by atoms with Gasteiger partial charge in [-0.1, -0.05) is 36.4 Å². The fraction of sp³-hybridized carbons (Fsp3) is 0.370. The molecule has 0 spiro atoms. The third-order valence-corrected chi connectivity index (χ3v) is 8.64. The molecule has 0 atom stereocenters. The van der Waals surface area contributed by atoms with E-state index in [-0.39, 0.29) is 18.1 Å². The van der Waals surface area contributed by atoms with Crippen LogP contribution in [0.3, 0.4) is 0 Å². The highest BCUT2D eigenvalue weighted by Gasteiger charge is 2.23. The van der Waals surface area contributed by atoms with E-state index in [1.54, 1.807) is 4.90 Å². The summed E-state index contributed by atoms with van der Waals surface area (Å²) in [4.78, 5) is 34.5. The molecule has 2 amide bonds. The highest BCUT2D eigenvalue weighted by molar-refractivity contribution is 7.87. The summed E-state index contributed by atoms with van der Waals surface area (Å²) in [6, 6.07) is 17.9. The van der Waals surface area contributed by atoms with E-state index in [2.05, 4.69) is 22.0 Å². The summed E-state index contributed by atoms with van der Waals surface area (Å²) in [5.41, 5.74) is 2.86. The van der Waals surface area contributed by atoms with Crippen molar-refractivity contribution in [3.8, 4) is 0 Å². The number of thiazole rings is 1. The van der Waals surface area contributed by atoms with E-state index in [9.17, 15) is 18.0 Å². The first-order chi connectivity index (χ1) is 18.2. The fourth-order valence-electron chi connectivity index (χ4n) is 4.28. The van der Waals surface area contributed by atoms with Crippen LogP contribution in [0.1, 0.15) is 50.7 Å². The van der Waals surface area contributed by atoms with E-state index in [1.165, 1.54) is 36.4 Å². The number of amides is 2. The van der Waals surface area contributed by atoms with Crippen LogP contribution < -0.4 is 9.62 Å². The van der Waals surface area contributed by atoms with Crippen LogP contribution in [0.4, 0.5) is 5.69 Å². The zero-order valence-corrected chi connectivity index (χ0v) is 23.3. The second kappa shape index (κ2) is 12.5. The van der Waals surface area contributed by atoms with Gasteiger partial charge in [-0.3, -0.25) is 9.59 Å². The van der Waals surface area contributed by atoms with Crippen LogP contribution in [0.2, 0.25) is 0 Å². The first kappa shape index (κ1) is 27.7. The van der Waals surface area contributed by atoms with Crippen LogP contribution >= 0.6 is 11.3 Å². The molecule has 1 fully saturated rings. The number of hydrogen-bond acceptors (Lipinski definition) is 7. The summed E-state index contributed by atoms with van der Waals surface area (Å²) in [6.45, 7) is 2.72. The molecule has 2 heterocycles. The Morgan fingerprint density at radius 2 is 1.79 bits per heavy atom. The zero-order chi connectivity index (χ0) is 27.1. The Labute approximate surface area is 228 Å². The molecule has 1 aliphatic rings. The Balaban J connectivity index is 1.50. The van der Waals surface area contributed by atoms with Crippen LogP contribution in [0.15, 0.2) is 60.0 Å². The Morgan fingerprint density at radius 1 is 1.05 bits per heavy atom. The maximum Gasteiger partial charge on any atom is 0.303 e. The number of carbonyl (C=O) groups is 2. The molecule has 0 saturated carbocycles. The number of nitrogens with one attached hydrogen (secondary N) is 1. The van der Waals surface area contributed by atoms with E-state index in [1.807, 2.05) is 47.2 Å². The van der Waals surface area contributed by atoms with Crippen molar-refractivity contribution in [2.45, 2.75) is 32.2 Å². The van der Waals surface area contributed by atoms with Crippen molar-refractivity contribution < 1.29 is 18.0 Å². The van der Waals surface area contributed by atoms with E-state index >= 15 is 0 Å². The number of nitrogens with zero attached hydrogens (tertiary/aromatic N) is 4. The van der Waals surface area contributed by atoms with Gasteiger partial charge in [0, 0.05) is 50.4 Å². The quantitative estimate of drug-likeness (QED) is 0.388. The SMILES string of the molecule is CN(C)S(=O)(=O)NC(=O)c1csc(CN(CCCc2ccccc2)C(=O)c2cccc(N3CCCC3)c2)n1. The molecule has 202 valence electrons. The normalized spacial score (nSPS) is 13.6. The number of aromatic nitrogens is 1. The third kappa shape index (κ3) is 7.18. The lowest BCUT2D eigenvalue weighted by Crippen LogP contribution is -2.39. The molecule has 1 aliphatic heterocycles. The van der Waals surface area contributed by atoms with Crippen molar-refractivity contribution in [3.63, 3.8) is 0 Å². The molecular formula is C27H33N5O4S2. The second-order valence-corrected chi connectivity index (χ2v) is 12.2. The van der Waals surface area contributed by atoms with Gasteiger partial charge in [-0.2, -0.15) is 12.7 Å². The van der Waals surface area contributed by atoms with Crippen molar-refractivity contribution in [3.05, 3.63) is 81.8 Å². The fourth-order valence-corrected chi connectivity index (χ4v) is 5.59. The molecule has 1 aromatic heterocycles. The topological polar surface area (TPSA) is 103 Å². The molecule has 11 heteroatoms. The predicted molar refractivity (Wildman–Crippen MR) is 150 cm³/mol. The standard InChI is InChI=1S/C27H33N5O4S2/c1-30(2)38(35,36)29-26(33)24-20-37-25(28-24)19-32(17-9-12-21-10-4-3-5-11-21)27(34)22-13-8-14-23(18-22)31-15-6-7-16-31/h3-5,8,10-11,13-14,18,20H,6-7,9,12,15-17,19H2,1-2H3,(H,29,33). The minimum absolute atomic E-state index is 0.00291. The van der Waals surface area contributed by atoms with Gasteiger partial charge in [0.1, 0.15) is 10.7 Å². The third-order valence-electron chi connectivity index (χ3n) is 6.40. The number of rotatable bonds is 11. The van der Waals surface area contributed by atoms with Crippen molar-refractivity contribution >= 4 is 39.0 Å². The van der Waals surface area contributed by atoms with Crippen molar-refractivity contribution in [1.82, 2.24) is 18.9 Å². The largest absolute Gasteiger partial charge is 0.372 e. The molecule has 2 aromatic carbocycles. The zero-order valence-electron chi connectivity index (χ0n) is 21.7. The molecule has 4 rings (SSSR count). The summed E-state index contributed by atoms with van der Waals surface area (Å²) in [7, 11) is -1.26. The summed E-state index contributed by atoms with van der Waals surface area (Å²) in [6.07, 6.45) is 3.90. The molecule has 9 nitrogen and oxygen atoms in total. The highest BCUT2D eigenvalue weighted by atomic mass is 32.2. The van der Waals surface area contributed by atoms with Crippen molar-refractivity contribution in [2.75, 3.05) is 38.6 Å². The second-order valence-electron chi connectivity index (χ2n) is 9.41. The van der Waals surface area contributed by atoms with Crippen LogP contribution in [-0.4, -0.2) is 68.2 Å². The molecule has 0 bridgehead atoms. The minimum atomic E-state index is -3.93. The molecular weight excluding hydrogens is 522 g/mol. The first-order valence-electron chi connectivity index (χ1n) is 12.6. The van der Waals surface area contributed by atoms with Crippen LogP contribution in [0.25, 0.3) is 0 Å². The van der Waals surface area contributed by atoms with Crippen molar-refractivity contribution in [1.29, 1.82) is 0 Å². The lowest BCUT2D eigenvalue weighted by molar-refractivity contribution is 0.0741. The van der Waals surface area contributed by atoms with Crippen molar-refractivity contribution in [2.24, 2.45) is 0 Å². The summed E-state index contributed by atoms with van der Waals surface area (Å²) in [5, 5.41) is 2.07. The molecule has 1 N–H and O–H groups in total. The summed E-state index contributed by atoms with van der Waals surface area (Å²) >= 11 is 1.22. The van der Waals surface area contributed by atoms with Gasteiger partial charge in [-0.15, -0.1) is 11.3 Å². The molecule has 38 heavy (non-hydrogen) atoms. The van der Waals surface area contributed by atoms with Gasteiger partial charge >= 0.3 is 10.2 Å². The smallest absolute Gasteiger partial charge is 0.303 e. The monoisotopic (exact) mass is 555 g/mol. The van der Waals surface area contributed by atoms with Crippen LogP contribution in [0, 0.1) is 0 Å². The van der Waals surface area contributed by atoms with Gasteiger partial charge in [0.25, 0.3) is 11.8 Å². The van der Waals surface area contributed by atoms with Gasteiger partial charge < -0.3 is 9.80 Å². The van der Waals surface area contributed by atoms with Crippen LogP contribution in [0.5, 0.6) is 0 Å². The lowest BCUT2D eigenvalue weighted by Gasteiger charge is -2.23. The maximum absolute atomic E-state index is 13.7. The Kier molecular flexibility index (Phi) is 9.13. The van der Waals surface area contributed by atoms with Crippen LogP contribution in [-0.2, 0) is 23.2 Å². The first-order valence-corrected chi connectivity index (χ1v) is 14.9. The van der Waals surface area contributed by atoms with Gasteiger partial charge in [-0.25, -0.2) is 9.71 Å². The molecule has 3 aromatic rings. The average molecular weight is 556 g/mol. The number of carbonyl (C=O) groups excluding carboxylic acids is 2. The Hall–Kier alpha value is -3.28. The number of benzene rings is 2. The van der Waals surface area contributed by atoms with Gasteiger partial charge in [-0.05, 0) is 49.4 Å². The van der Waals surface area contributed by atoms with Gasteiger partial charge in [0.05, 0.1) is 6.54 Å². The average Bonchev–Trinajstić information content (AvgIpc) is 3.61. The molecule has 0 aliphatic carbocycles. The molecule has 0 radical (unpaired) electrons. The molecule has 0 unspecified atom stereocenters.